The summed E-state index contributed by atoms with van der Waals surface area (Å²) in [5.41, 5.74) is 3.40. The molecule has 23 heavy (non-hydrogen) atoms. The molecule has 0 unspecified atom stereocenters. The number of phenols is 1. The van der Waals surface area contributed by atoms with Crippen LogP contribution in [0.5, 0.6) is 11.5 Å². The van der Waals surface area contributed by atoms with Gasteiger partial charge in [0.15, 0.2) is 16.6 Å². The van der Waals surface area contributed by atoms with Gasteiger partial charge in [0.2, 0.25) is 0 Å². The van der Waals surface area contributed by atoms with Gasteiger partial charge in [0.25, 0.3) is 0 Å². The van der Waals surface area contributed by atoms with Crippen molar-refractivity contribution in [3.63, 3.8) is 0 Å². The molecule has 126 valence electrons. The van der Waals surface area contributed by atoms with Crippen molar-refractivity contribution in [1.29, 1.82) is 0 Å². The number of nitrogens with one attached hydrogen (secondary N) is 2. The molecule has 2 rings (SSSR count). The lowest BCUT2D eigenvalue weighted by atomic mass is 9.86. The quantitative estimate of drug-likeness (QED) is 0.438. The Bertz CT molecular complexity index is 563. The predicted molar refractivity (Wildman–Crippen MR) is 97.2 cm³/mol. The topological polar surface area (TPSA) is 65.9 Å². The minimum Gasteiger partial charge on any atom is -0.504 e. The van der Waals surface area contributed by atoms with E-state index in [4.69, 9.17) is 17.0 Å². The second kappa shape index (κ2) is 8.72. The molecule has 0 heterocycles. The molecule has 5 nitrogen and oxygen atoms in total. The molecule has 0 bridgehead atoms. The second-order valence-electron chi connectivity index (χ2n) is 5.84. The van der Waals surface area contributed by atoms with Gasteiger partial charge in [-0.05, 0) is 50.0 Å². The highest BCUT2D eigenvalue weighted by molar-refractivity contribution is 7.80. The second-order valence-corrected chi connectivity index (χ2v) is 6.25. The number of hydrogen-bond donors (Lipinski definition) is 3. The van der Waals surface area contributed by atoms with Crippen LogP contribution in [0.15, 0.2) is 23.3 Å². The number of para-hydroxylation sites is 1. The number of nitrogens with zero attached hydrogens (tertiary/aromatic N) is 1. The van der Waals surface area contributed by atoms with Crippen molar-refractivity contribution in [3.8, 4) is 11.5 Å². The lowest BCUT2D eigenvalue weighted by molar-refractivity contribution is 0.308. The van der Waals surface area contributed by atoms with Gasteiger partial charge in [-0.3, -0.25) is 5.43 Å². The van der Waals surface area contributed by atoms with Crippen molar-refractivity contribution in [2.45, 2.75) is 45.6 Å². The highest BCUT2D eigenvalue weighted by Gasteiger charge is 2.21. The lowest BCUT2D eigenvalue weighted by Gasteiger charge is -2.30. The molecule has 1 aromatic carbocycles. The maximum atomic E-state index is 10.1. The van der Waals surface area contributed by atoms with E-state index in [1.165, 1.54) is 25.5 Å². The average Bonchev–Trinajstić information content (AvgIpc) is 2.53. The Morgan fingerprint density at radius 1 is 1.43 bits per heavy atom. The van der Waals surface area contributed by atoms with E-state index < -0.39 is 0 Å². The highest BCUT2D eigenvalue weighted by atomic mass is 32.1. The average molecular weight is 335 g/mol. The largest absolute Gasteiger partial charge is 0.504 e. The highest BCUT2D eigenvalue weighted by Crippen LogP contribution is 2.28. The van der Waals surface area contributed by atoms with Gasteiger partial charge in [-0.25, -0.2) is 0 Å². The number of rotatable bonds is 5. The van der Waals surface area contributed by atoms with Crippen LogP contribution in [0, 0.1) is 5.92 Å². The molecular formula is C17H25N3O2S. The number of hydrogen-bond acceptors (Lipinski definition) is 4. The van der Waals surface area contributed by atoms with Crippen LogP contribution in [0.3, 0.4) is 0 Å². The fourth-order valence-electron chi connectivity index (χ4n) is 2.81. The van der Waals surface area contributed by atoms with Crippen LogP contribution in [0.1, 0.15) is 45.1 Å². The molecule has 0 aromatic heterocycles. The first kappa shape index (κ1) is 17.5. The summed E-state index contributed by atoms with van der Waals surface area (Å²) in [7, 11) is 0. The van der Waals surface area contributed by atoms with Crippen LogP contribution in [0.25, 0.3) is 0 Å². The van der Waals surface area contributed by atoms with E-state index in [1.54, 1.807) is 12.1 Å². The molecule has 1 fully saturated rings. The number of thiocarbonyl (C=S) groups is 1. The number of hydrazone groups is 1. The molecule has 6 heteroatoms. The third-order valence-corrected chi connectivity index (χ3v) is 4.34. The van der Waals surface area contributed by atoms with Crippen LogP contribution in [0.4, 0.5) is 0 Å². The Kier molecular flexibility index (Phi) is 6.65. The fraction of sp³-hybridized carbons (Fsp3) is 0.529. The molecular weight excluding hydrogens is 310 g/mol. The Labute approximate surface area is 143 Å². The minimum absolute atomic E-state index is 0.0830. The lowest BCUT2D eigenvalue weighted by Crippen LogP contribution is -2.44. The summed E-state index contributed by atoms with van der Waals surface area (Å²) in [5, 5.41) is 18.0. The van der Waals surface area contributed by atoms with Gasteiger partial charge >= 0.3 is 0 Å². The van der Waals surface area contributed by atoms with E-state index >= 15 is 0 Å². The summed E-state index contributed by atoms with van der Waals surface area (Å²) in [6.07, 6.45) is 6.46. The molecule has 1 aliphatic carbocycles. The van der Waals surface area contributed by atoms with Crippen molar-refractivity contribution in [1.82, 2.24) is 10.7 Å². The van der Waals surface area contributed by atoms with Crippen LogP contribution in [0.2, 0.25) is 0 Å². The summed E-state index contributed by atoms with van der Waals surface area (Å²) in [5.74, 6) is 1.16. The van der Waals surface area contributed by atoms with E-state index in [0.29, 0.717) is 35.0 Å². The van der Waals surface area contributed by atoms with Crippen LogP contribution < -0.4 is 15.5 Å². The molecule has 0 saturated heterocycles. The first-order valence-corrected chi connectivity index (χ1v) is 8.57. The van der Waals surface area contributed by atoms with Crippen molar-refractivity contribution in [3.05, 3.63) is 23.8 Å². The molecule has 1 aromatic rings. The van der Waals surface area contributed by atoms with E-state index in [-0.39, 0.29) is 5.75 Å². The van der Waals surface area contributed by atoms with Gasteiger partial charge in [0.1, 0.15) is 0 Å². The molecule has 0 amide bonds. The van der Waals surface area contributed by atoms with Crippen molar-refractivity contribution < 1.29 is 9.84 Å². The number of benzene rings is 1. The first-order valence-electron chi connectivity index (χ1n) is 8.16. The van der Waals surface area contributed by atoms with Crippen LogP contribution in [-0.4, -0.2) is 29.1 Å². The maximum Gasteiger partial charge on any atom is 0.187 e. The summed E-state index contributed by atoms with van der Waals surface area (Å²) in [6, 6.07) is 5.71. The van der Waals surface area contributed by atoms with Gasteiger partial charge < -0.3 is 15.2 Å². The number of phenolic OH excluding ortho intramolecular Hbond substituents is 1. The Morgan fingerprint density at radius 3 is 2.96 bits per heavy atom. The zero-order valence-corrected chi connectivity index (χ0v) is 14.5. The van der Waals surface area contributed by atoms with Gasteiger partial charge in [0, 0.05) is 11.6 Å². The minimum atomic E-state index is 0.0830. The summed E-state index contributed by atoms with van der Waals surface area (Å²) < 4.78 is 5.35. The molecule has 2 atom stereocenters. The summed E-state index contributed by atoms with van der Waals surface area (Å²) in [4.78, 5) is 0. The van der Waals surface area contributed by atoms with Crippen LogP contribution in [-0.2, 0) is 0 Å². The van der Waals surface area contributed by atoms with E-state index in [2.05, 4.69) is 22.8 Å². The standard InChI is InChI=1S/C17H25N3O2S/c1-3-22-15-10-6-8-13(16(15)21)11-18-20-17(23)19-14-9-5-4-7-12(14)2/h6,8,10-12,14,21H,3-5,7,9H2,1-2H3,(H2,19,20,23)/b18-11+/t12-,14-/m0/s1. The van der Waals surface area contributed by atoms with Gasteiger partial charge in [-0.15, -0.1) is 0 Å². The summed E-state index contributed by atoms with van der Waals surface area (Å²) >= 11 is 5.28. The zero-order valence-electron chi connectivity index (χ0n) is 13.7. The fourth-order valence-corrected chi connectivity index (χ4v) is 3.01. The molecule has 0 radical (unpaired) electrons. The normalized spacial score (nSPS) is 21.1. The summed E-state index contributed by atoms with van der Waals surface area (Å²) in [6.45, 7) is 4.62. The van der Waals surface area contributed by atoms with Crippen LogP contribution >= 0.6 is 12.2 Å². The zero-order chi connectivity index (χ0) is 16.7. The maximum absolute atomic E-state index is 10.1. The van der Waals surface area contributed by atoms with E-state index in [9.17, 15) is 5.11 Å². The van der Waals surface area contributed by atoms with Crippen molar-refractivity contribution in [2.75, 3.05) is 6.61 Å². The molecule has 0 aliphatic heterocycles. The van der Waals surface area contributed by atoms with Gasteiger partial charge in [-0.1, -0.05) is 25.8 Å². The molecule has 1 saturated carbocycles. The third-order valence-electron chi connectivity index (χ3n) is 4.13. The number of ether oxygens (including phenoxy) is 1. The first-order chi connectivity index (χ1) is 11.1. The van der Waals surface area contributed by atoms with Crippen molar-refractivity contribution in [2.24, 2.45) is 11.0 Å². The number of aromatic hydroxyl groups is 1. The molecule has 0 spiro atoms. The van der Waals surface area contributed by atoms with Crippen molar-refractivity contribution >= 4 is 23.5 Å². The Morgan fingerprint density at radius 2 is 2.22 bits per heavy atom. The Hall–Kier alpha value is -1.82. The van der Waals surface area contributed by atoms with Gasteiger partial charge in [0.05, 0.1) is 12.8 Å². The van der Waals surface area contributed by atoms with E-state index in [0.717, 1.165) is 6.42 Å². The third kappa shape index (κ3) is 5.10. The van der Waals surface area contributed by atoms with E-state index in [1.807, 2.05) is 13.0 Å². The smallest absolute Gasteiger partial charge is 0.187 e. The van der Waals surface area contributed by atoms with Gasteiger partial charge in [-0.2, -0.15) is 5.10 Å². The molecule has 3 N–H and O–H groups in total. The predicted octanol–water partition coefficient (Wildman–Crippen LogP) is 3.17. The SMILES string of the molecule is CCOc1cccc(/C=N/NC(=S)N[C@H]2CCCC[C@@H]2C)c1O. The Balaban J connectivity index is 1.88. The monoisotopic (exact) mass is 335 g/mol. The molecule has 1 aliphatic rings.